The molecule has 0 saturated carbocycles. The van der Waals surface area contributed by atoms with Gasteiger partial charge >= 0.3 is 0 Å². The predicted octanol–water partition coefficient (Wildman–Crippen LogP) is 2.73. The Morgan fingerprint density at radius 1 is 1.64 bits per heavy atom. The number of hydrogen-bond acceptors (Lipinski definition) is 2. The Morgan fingerprint density at radius 2 is 2.43 bits per heavy atom. The average Bonchev–Trinajstić information content (AvgIpc) is 2.39. The lowest BCUT2D eigenvalue weighted by atomic mass is 9.95. The molecule has 0 aromatic heterocycles. The number of carbonyl (C=O) groups excluding carboxylic acids is 1. The standard InChI is InChI=1S/C10H18INO2/c1-2-8-4-3-5-14-9(6-8)7-12-10(11)13/h8-9H,2-7H2,1H3,(H,12,13). The molecule has 1 fully saturated rings. The number of halogens is 1. The molecule has 2 atom stereocenters. The first-order valence-electron chi connectivity index (χ1n) is 5.27. The number of ether oxygens (including phenoxy) is 1. The van der Waals surface area contributed by atoms with Gasteiger partial charge in [0.25, 0.3) is 3.91 Å². The summed E-state index contributed by atoms with van der Waals surface area (Å²) in [6.07, 6.45) is 4.96. The fourth-order valence-electron chi connectivity index (χ4n) is 1.89. The quantitative estimate of drug-likeness (QED) is 0.494. The maximum absolute atomic E-state index is 10.7. The van der Waals surface area contributed by atoms with E-state index in [4.69, 9.17) is 4.74 Å². The van der Waals surface area contributed by atoms with Crippen LogP contribution in [0.25, 0.3) is 0 Å². The molecule has 1 amide bonds. The molecule has 1 aliphatic rings. The SMILES string of the molecule is CCC1CCCOC(CNC(=O)I)C1. The van der Waals surface area contributed by atoms with Gasteiger partial charge in [0, 0.05) is 35.7 Å². The lowest BCUT2D eigenvalue weighted by Crippen LogP contribution is -2.31. The molecule has 1 aliphatic heterocycles. The van der Waals surface area contributed by atoms with Crippen LogP contribution in [0.4, 0.5) is 4.79 Å². The van der Waals surface area contributed by atoms with Gasteiger partial charge in [0.05, 0.1) is 6.10 Å². The van der Waals surface area contributed by atoms with E-state index in [2.05, 4.69) is 12.2 Å². The van der Waals surface area contributed by atoms with Crippen molar-refractivity contribution in [2.45, 2.75) is 38.7 Å². The Labute approximate surface area is 99.1 Å². The molecule has 0 aliphatic carbocycles. The third kappa shape index (κ3) is 4.59. The van der Waals surface area contributed by atoms with Gasteiger partial charge in [-0.05, 0) is 25.2 Å². The summed E-state index contributed by atoms with van der Waals surface area (Å²) >= 11 is 1.76. The number of carbonyl (C=O) groups is 1. The molecule has 0 radical (unpaired) electrons. The van der Waals surface area contributed by atoms with Gasteiger partial charge in [-0.15, -0.1) is 0 Å². The molecule has 2 unspecified atom stereocenters. The normalized spacial score (nSPS) is 28.1. The van der Waals surface area contributed by atoms with Gasteiger partial charge in [0.15, 0.2) is 0 Å². The second-order valence-corrected chi connectivity index (χ2v) is 4.78. The molecule has 14 heavy (non-hydrogen) atoms. The van der Waals surface area contributed by atoms with Crippen LogP contribution in [0.5, 0.6) is 0 Å². The summed E-state index contributed by atoms with van der Waals surface area (Å²) in [6.45, 7) is 3.74. The molecule has 82 valence electrons. The molecule has 1 N–H and O–H groups in total. The van der Waals surface area contributed by atoms with Gasteiger partial charge in [-0.1, -0.05) is 13.3 Å². The summed E-state index contributed by atoms with van der Waals surface area (Å²) < 4.78 is 5.67. The van der Waals surface area contributed by atoms with Crippen LogP contribution < -0.4 is 5.32 Å². The Kier molecular flexibility index (Phi) is 5.77. The van der Waals surface area contributed by atoms with Crippen LogP contribution in [0, 0.1) is 5.92 Å². The molecule has 4 heteroatoms. The van der Waals surface area contributed by atoms with Crippen LogP contribution in [0.15, 0.2) is 0 Å². The predicted molar refractivity (Wildman–Crippen MR) is 64.8 cm³/mol. The van der Waals surface area contributed by atoms with Gasteiger partial charge in [-0.3, -0.25) is 4.79 Å². The van der Waals surface area contributed by atoms with E-state index in [1.54, 1.807) is 22.6 Å². The first kappa shape index (κ1) is 12.2. The van der Waals surface area contributed by atoms with Gasteiger partial charge in [-0.2, -0.15) is 0 Å². The molecule has 0 aromatic rings. The lowest BCUT2D eigenvalue weighted by molar-refractivity contribution is 0.0564. The molecular formula is C10H18INO2. The highest BCUT2D eigenvalue weighted by atomic mass is 127. The summed E-state index contributed by atoms with van der Waals surface area (Å²) in [4.78, 5) is 10.7. The summed E-state index contributed by atoms with van der Waals surface area (Å²) in [7, 11) is 0. The minimum absolute atomic E-state index is 0.00324. The fourth-order valence-corrected chi connectivity index (χ4v) is 2.11. The largest absolute Gasteiger partial charge is 0.376 e. The Bertz CT molecular complexity index is 187. The number of amides is 1. The zero-order valence-corrected chi connectivity index (χ0v) is 10.7. The molecule has 0 aromatic carbocycles. The van der Waals surface area contributed by atoms with Crippen LogP contribution in [0.2, 0.25) is 0 Å². The molecule has 1 saturated heterocycles. The van der Waals surface area contributed by atoms with Crippen molar-refractivity contribution in [1.29, 1.82) is 0 Å². The molecule has 1 heterocycles. The highest BCUT2D eigenvalue weighted by Gasteiger charge is 2.19. The third-order valence-electron chi connectivity index (χ3n) is 2.75. The number of rotatable bonds is 3. The van der Waals surface area contributed by atoms with Crippen molar-refractivity contribution in [3.05, 3.63) is 0 Å². The second-order valence-electron chi connectivity index (χ2n) is 3.80. The first-order chi connectivity index (χ1) is 6.72. The smallest absolute Gasteiger partial charge is 0.280 e. The van der Waals surface area contributed by atoms with Crippen molar-refractivity contribution in [3.63, 3.8) is 0 Å². The van der Waals surface area contributed by atoms with E-state index in [0.29, 0.717) is 6.54 Å². The van der Waals surface area contributed by atoms with Gasteiger partial charge < -0.3 is 10.1 Å². The van der Waals surface area contributed by atoms with Crippen LogP contribution in [-0.2, 0) is 4.74 Å². The molecule has 0 spiro atoms. The van der Waals surface area contributed by atoms with E-state index in [0.717, 1.165) is 25.4 Å². The van der Waals surface area contributed by atoms with Crippen molar-refractivity contribution < 1.29 is 9.53 Å². The number of nitrogens with one attached hydrogen (secondary N) is 1. The minimum Gasteiger partial charge on any atom is -0.376 e. The van der Waals surface area contributed by atoms with Crippen LogP contribution in [-0.4, -0.2) is 23.2 Å². The van der Waals surface area contributed by atoms with Crippen molar-refractivity contribution in [2.24, 2.45) is 5.92 Å². The first-order valence-corrected chi connectivity index (χ1v) is 6.35. The summed E-state index contributed by atoms with van der Waals surface area (Å²) in [5.74, 6) is 0.772. The van der Waals surface area contributed by atoms with Crippen LogP contribution in [0.3, 0.4) is 0 Å². The van der Waals surface area contributed by atoms with E-state index in [-0.39, 0.29) is 10.0 Å². The summed E-state index contributed by atoms with van der Waals surface area (Å²) in [5, 5.41) is 2.81. The highest BCUT2D eigenvalue weighted by molar-refractivity contribution is 14.1. The Morgan fingerprint density at radius 3 is 3.07 bits per heavy atom. The fraction of sp³-hybridized carbons (Fsp3) is 0.900. The lowest BCUT2D eigenvalue weighted by Gasteiger charge is -2.18. The maximum atomic E-state index is 10.7. The van der Waals surface area contributed by atoms with E-state index in [1.807, 2.05) is 0 Å². The van der Waals surface area contributed by atoms with E-state index >= 15 is 0 Å². The van der Waals surface area contributed by atoms with E-state index in [9.17, 15) is 4.79 Å². The van der Waals surface area contributed by atoms with Gasteiger partial charge in [0.1, 0.15) is 0 Å². The highest BCUT2D eigenvalue weighted by Crippen LogP contribution is 2.22. The third-order valence-corrected chi connectivity index (χ3v) is 3.13. The summed E-state index contributed by atoms with van der Waals surface area (Å²) in [5.41, 5.74) is 0. The maximum Gasteiger partial charge on any atom is 0.280 e. The van der Waals surface area contributed by atoms with E-state index < -0.39 is 0 Å². The molecule has 3 nitrogen and oxygen atoms in total. The van der Waals surface area contributed by atoms with Crippen molar-refractivity contribution in [2.75, 3.05) is 13.2 Å². The zero-order valence-electron chi connectivity index (χ0n) is 8.59. The average molecular weight is 311 g/mol. The number of hydrogen-bond donors (Lipinski definition) is 1. The Hall–Kier alpha value is 0.160. The van der Waals surface area contributed by atoms with Gasteiger partial charge in [-0.25, -0.2) is 0 Å². The second kappa shape index (κ2) is 6.61. The van der Waals surface area contributed by atoms with Gasteiger partial charge in [0.2, 0.25) is 0 Å². The Balaban J connectivity index is 2.31. The van der Waals surface area contributed by atoms with Crippen molar-refractivity contribution in [1.82, 2.24) is 5.32 Å². The molecular weight excluding hydrogens is 293 g/mol. The monoisotopic (exact) mass is 311 g/mol. The topological polar surface area (TPSA) is 38.3 Å². The van der Waals surface area contributed by atoms with Crippen molar-refractivity contribution in [3.8, 4) is 0 Å². The zero-order chi connectivity index (χ0) is 10.4. The van der Waals surface area contributed by atoms with Crippen LogP contribution >= 0.6 is 22.6 Å². The molecule has 0 bridgehead atoms. The molecule has 1 rings (SSSR count). The summed E-state index contributed by atoms with van der Waals surface area (Å²) in [6, 6.07) is 0. The van der Waals surface area contributed by atoms with Crippen LogP contribution in [0.1, 0.15) is 32.6 Å². The van der Waals surface area contributed by atoms with Crippen molar-refractivity contribution >= 4 is 26.5 Å². The van der Waals surface area contributed by atoms with E-state index in [1.165, 1.54) is 12.8 Å². The minimum atomic E-state index is 0.00324.